The van der Waals surface area contributed by atoms with Crippen LogP contribution in [-0.2, 0) is 9.84 Å². The van der Waals surface area contributed by atoms with E-state index < -0.39 is 9.84 Å². The monoisotopic (exact) mass is 443 g/mol. The maximum absolute atomic E-state index is 12.1. The third-order valence-electron chi connectivity index (χ3n) is 3.41. The minimum absolute atomic E-state index is 0.0161. The van der Waals surface area contributed by atoms with Gasteiger partial charge >= 0.3 is 0 Å². The van der Waals surface area contributed by atoms with Gasteiger partial charge in [-0.1, -0.05) is 30.3 Å². The van der Waals surface area contributed by atoms with Gasteiger partial charge in [-0.3, -0.25) is 4.79 Å². The molecule has 23 heavy (non-hydrogen) atoms. The number of aryl methyl sites for hydroxylation is 1. The molecule has 2 aromatic rings. The van der Waals surface area contributed by atoms with Crippen LogP contribution in [0.2, 0.25) is 0 Å². The molecule has 0 spiro atoms. The number of benzene rings is 2. The Balaban J connectivity index is 1.88. The molecule has 1 N–H and O–H groups in total. The number of nitrogens with one attached hydrogen (secondary N) is 1. The molecule has 0 saturated carbocycles. The SMILES string of the molecule is Cc1cccc(C(=O)NCCCS(=O)(=O)c2ccccc2)c1I. The molecular formula is C17H18INO3S. The van der Waals surface area contributed by atoms with Gasteiger partial charge in [0.25, 0.3) is 5.91 Å². The van der Waals surface area contributed by atoms with Crippen molar-refractivity contribution in [2.75, 3.05) is 12.3 Å². The average Bonchev–Trinajstić information content (AvgIpc) is 2.55. The standard InChI is InChI=1S/C17H18INO3S/c1-13-7-5-10-15(16(13)18)17(20)19-11-6-12-23(21,22)14-8-3-2-4-9-14/h2-5,7-10H,6,11-12H2,1H3,(H,19,20). The lowest BCUT2D eigenvalue weighted by Gasteiger charge is -2.09. The number of hydrogen-bond acceptors (Lipinski definition) is 3. The predicted octanol–water partition coefficient (Wildman–Crippen LogP) is 3.19. The van der Waals surface area contributed by atoms with Crippen LogP contribution in [0.4, 0.5) is 0 Å². The van der Waals surface area contributed by atoms with Gasteiger partial charge < -0.3 is 5.32 Å². The number of carbonyl (C=O) groups excluding carboxylic acids is 1. The number of halogens is 1. The molecular weight excluding hydrogens is 425 g/mol. The molecule has 0 aliphatic heterocycles. The Morgan fingerprint density at radius 1 is 1.09 bits per heavy atom. The largest absolute Gasteiger partial charge is 0.352 e. The zero-order chi connectivity index (χ0) is 16.9. The van der Waals surface area contributed by atoms with E-state index in [4.69, 9.17) is 0 Å². The summed E-state index contributed by atoms with van der Waals surface area (Å²) in [6.07, 6.45) is 0.380. The van der Waals surface area contributed by atoms with Gasteiger partial charge in [-0.15, -0.1) is 0 Å². The molecule has 0 aliphatic carbocycles. The summed E-state index contributed by atoms with van der Waals surface area (Å²) in [5.41, 5.74) is 1.67. The minimum Gasteiger partial charge on any atom is -0.352 e. The van der Waals surface area contributed by atoms with Crippen LogP contribution in [0, 0.1) is 10.5 Å². The van der Waals surface area contributed by atoms with Crippen LogP contribution < -0.4 is 5.32 Å². The van der Waals surface area contributed by atoms with Gasteiger partial charge in [-0.2, -0.15) is 0 Å². The summed E-state index contributed by atoms with van der Waals surface area (Å²) in [7, 11) is -3.29. The van der Waals surface area contributed by atoms with Gasteiger partial charge in [0.05, 0.1) is 16.2 Å². The van der Waals surface area contributed by atoms with Crippen LogP contribution in [0.3, 0.4) is 0 Å². The Kier molecular flexibility index (Phi) is 6.17. The van der Waals surface area contributed by atoms with E-state index in [2.05, 4.69) is 27.9 Å². The van der Waals surface area contributed by atoms with Gasteiger partial charge in [-0.25, -0.2) is 8.42 Å². The number of rotatable bonds is 6. The van der Waals surface area contributed by atoms with E-state index in [1.807, 2.05) is 19.1 Å². The molecule has 0 saturated heterocycles. The third-order valence-corrected chi connectivity index (χ3v) is 6.66. The van der Waals surface area contributed by atoms with Crippen LogP contribution in [0.5, 0.6) is 0 Å². The quantitative estimate of drug-likeness (QED) is 0.551. The number of amides is 1. The predicted molar refractivity (Wildman–Crippen MR) is 99.3 cm³/mol. The van der Waals surface area contributed by atoms with Crippen molar-refractivity contribution in [1.29, 1.82) is 0 Å². The molecule has 2 aromatic carbocycles. The lowest BCUT2D eigenvalue weighted by atomic mass is 10.1. The van der Waals surface area contributed by atoms with E-state index in [-0.39, 0.29) is 11.7 Å². The molecule has 0 aromatic heterocycles. The molecule has 1 amide bonds. The summed E-state index contributed by atoms with van der Waals surface area (Å²) < 4.78 is 25.2. The fourth-order valence-electron chi connectivity index (χ4n) is 2.13. The topological polar surface area (TPSA) is 63.2 Å². The van der Waals surface area contributed by atoms with Crippen molar-refractivity contribution in [3.63, 3.8) is 0 Å². The average molecular weight is 443 g/mol. The molecule has 122 valence electrons. The fourth-order valence-corrected chi connectivity index (χ4v) is 4.06. The first-order chi connectivity index (χ1) is 10.9. The van der Waals surface area contributed by atoms with Crippen molar-refractivity contribution in [1.82, 2.24) is 5.32 Å². The lowest BCUT2D eigenvalue weighted by Crippen LogP contribution is -2.26. The van der Waals surface area contributed by atoms with E-state index in [1.54, 1.807) is 36.4 Å². The number of carbonyl (C=O) groups is 1. The molecule has 0 radical (unpaired) electrons. The van der Waals surface area contributed by atoms with E-state index in [9.17, 15) is 13.2 Å². The Bertz CT molecular complexity index is 789. The molecule has 0 aliphatic rings. The highest BCUT2D eigenvalue weighted by molar-refractivity contribution is 14.1. The Labute approximate surface area is 150 Å². The third kappa shape index (κ3) is 4.78. The normalized spacial score (nSPS) is 11.2. The smallest absolute Gasteiger partial charge is 0.252 e. The van der Waals surface area contributed by atoms with Crippen LogP contribution in [0.25, 0.3) is 0 Å². The molecule has 0 atom stereocenters. The maximum atomic E-state index is 12.1. The zero-order valence-corrected chi connectivity index (χ0v) is 15.7. The van der Waals surface area contributed by atoms with Gasteiger partial charge in [0.1, 0.15) is 0 Å². The lowest BCUT2D eigenvalue weighted by molar-refractivity contribution is 0.0952. The van der Waals surface area contributed by atoms with Crippen molar-refractivity contribution in [2.45, 2.75) is 18.2 Å². The summed E-state index contributed by atoms with van der Waals surface area (Å²) in [6, 6.07) is 13.9. The fraction of sp³-hybridized carbons (Fsp3) is 0.235. The number of sulfone groups is 1. The van der Waals surface area contributed by atoms with E-state index >= 15 is 0 Å². The van der Waals surface area contributed by atoms with E-state index in [0.717, 1.165) is 9.13 Å². The van der Waals surface area contributed by atoms with Gasteiger partial charge in [0, 0.05) is 10.1 Å². The van der Waals surface area contributed by atoms with Crippen molar-refractivity contribution in [3.05, 3.63) is 63.2 Å². The van der Waals surface area contributed by atoms with Crippen LogP contribution in [-0.4, -0.2) is 26.6 Å². The molecule has 0 unspecified atom stereocenters. The molecule has 0 heterocycles. The second kappa shape index (κ2) is 7.92. The first kappa shape index (κ1) is 17.9. The molecule has 6 heteroatoms. The highest BCUT2D eigenvalue weighted by Gasteiger charge is 2.14. The summed E-state index contributed by atoms with van der Waals surface area (Å²) in [4.78, 5) is 12.5. The van der Waals surface area contributed by atoms with Crippen molar-refractivity contribution in [2.24, 2.45) is 0 Å². The Hall–Kier alpha value is -1.41. The second-order valence-corrected chi connectivity index (χ2v) is 8.37. The highest BCUT2D eigenvalue weighted by Crippen LogP contribution is 2.16. The maximum Gasteiger partial charge on any atom is 0.252 e. The van der Waals surface area contributed by atoms with Gasteiger partial charge in [0.15, 0.2) is 9.84 Å². The van der Waals surface area contributed by atoms with Crippen LogP contribution >= 0.6 is 22.6 Å². The Morgan fingerprint density at radius 3 is 2.48 bits per heavy atom. The molecule has 4 nitrogen and oxygen atoms in total. The summed E-state index contributed by atoms with van der Waals surface area (Å²) in [5.74, 6) is -0.155. The van der Waals surface area contributed by atoms with Crippen LogP contribution in [0.1, 0.15) is 22.3 Å². The minimum atomic E-state index is -3.29. The van der Waals surface area contributed by atoms with Crippen LogP contribution in [0.15, 0.2) is 53.4 Å². The van der Waals surface area contributed by atoms with Gasteiger partial charge in [-0.05, 0) is 59.7 Å². The first-order valence-corrected chi connectivity index (χ1v) is 9.96. The van der Waals surface area contributed by atoms with Crippen molar-refractivity contribution >= 4 is 38.3 Å². The molecule has 0 fully saturated rings. The Morgan fingerprint density at radius 2 is 1.78 bits per heavy atom. The summed E-state index contributed by atoms with van der Waals surface area (Å²) in [6.45, 7) is 2.28. The molecule has 2 rings (SSSR count). The van der Waals surface area contributed by atoms with E-state index in [1.165, 1.54) is 0 Å². The number of hydrogen-bond donors (Lipinski definition) is 1. The zero-order valence-electron chi connectivity index (χ0n) is 12.8. The van der Waals surface area contributed by atoms with E-state index in [0.29, 0.717) is 23.4 Å². The van der Waals surface area contributed by atoms with Crippen molar-refractivity contribution in [3.8, 4) is 0 Å². The highest BCUT2D eigenvalue weighted by atomic mass is 127. The first-order valence-electron chi connectivity index (χ1n) is 7.23. The molecule has 0 bridgehead atoms. The summed E-state index contributed by atoms with van der Waals surface area (Å²) in [5, 5.41) is 2.78. The summed E-state index contributed by atoms with van der Waals surface area (Å²) >= 11 is 2.15. The van der Waals surface area contributed by atoms with Crippen molar-refractivity contribution < 1.29 is 13.2 Å². The second-order valence-electron chi connectivity index (χ2n) is 5.18. The van der Waals surface area contributed by atoms with Gasteiger partial charge in [0.2, 0.25) is 0 Å².